The summed E-state index contributed by atoms with van der Waals surface area (Å²) in [7, 11) is 0. The van der Waals surface area contributed by atoms with E-state index in [0.29, 0.717) is 6.61 Å². The summed E-state index contributed by atoms with van der Waals surface area (Å²) in [5.41, 5.74) is 2.79. The summed E-state index contributed by atoms with van der Waals surface area (Å²) < 4.78 is 5.67. The van der Waals surface area contributed by atoms with Gasteiger partial charge in [-0.15, -0.1) is 0 Å². The molecule has 1 fully saturated rings. The molecule has 1 heterocycles. The largest absolute Gasteiger partial charge is 0.396 e. The maximum Gasteiger partial charge on any atom is 0.0469 e. The average molecular weight is 305 g/mol. The standard InChI is InChI=1S/C19H31NO2/c21-15-5-1-2-6-16-22-17-7-8-18-9-11-19(12-10-18)20-13-3-4-14-20/h9-12,21H,1-8,13-17H2. The van der Waals surface area contributed by atoms with Crippen molar-refractivity contribution in [2.24, 2.45) is 0 Å². The zero-order valence-corrected chi connectivity index (χ0v) is 13.8. The number of rotatable bonds is 11. The van der Waals surface area contributed by atoms with E-state index in [1.54, 1.807) is 0 Å². The van der Waals surface area contributed by atoms with Crippen molar-refractivity contribution in [2.75, 3.05) is 37.8 Å². The number of anilines is 1. The molecule has 0 amide bonds. The van der Waals surface area contributed by atoms with Crippen molar-refractivity contribution in [3.63, 3.8) is 0 Å². The Morgan fingerprint density at radius 3 is 2.27 bits per heavy atom. The zero-order chi connectivity index (χ0) is 15.5. The van der Waals surface area contributed by atoms with E-state index in [4.69, 9.17) is 9.84 Å². The molecular weight excluding hydrogens is 274 g/mol. The van der Waals surface area contributed by atoms with Crippen LogP contribution in [0.3, 0.4) is 0 Å². The minimum Gasteiger partial charge on any atom is -0.396 e. The van der Waals surface area contributed by atoms with Gasteiger partial charge in [0.1, 0.15) is 0 Å². The van der Waals surface area contributed by atoms with E-state index in [1.165, 1.54) is 43.6 Å². The van der Waals surface area contributed by atoms with E-state index in [0.717, 1.165) is 45.3 Å². The van der Waals surface area contributed by atoms with Crippen LogP contribution in [-0.2, 0) is 11.2 Å². The first-order chi connectivity index (χ1) is 10.9. The molecule has 0 aromatic heterocycles. The van der Waals surface area contributed by atoms with Gasteiger partial charge in [0.25, 0.3) is 0 Å². The first-order valence-corrected chi connectivity index (χ1v) is 8.92. The maximum atomic E-state index is 8.69. The van der Waals surface area contributed by atoms with Crippen LogP contribution in [0.15, 0.2) is 24.3 Å². The molecule has 22 heavy (non-hydrogen) atoms. The lowest BCUT2D eigenvalue weighted by Gasteiger charge is -2.17. The molecule has 3 heteroatoms. The zero-order valence-electron chi connectivity index (χ0n) is 13.8. The number of nitrogens with zero attached hydrogens (tertiary/aromatic N) is 1. The Hall–Kier alpha value is -1.06. The molecule has 1 aromatic carbocycles. The topological polar surface area (TPSA) is 32.7 Å². The summed E-state index contributed by atoms with van der Waals surface area (Å²) in [6, 6.07) is 9.07. The van der Waals surface area contributed by atoms with E-state index in [9.17, 15) is 0 Å². The molecule has 0 aliphatic carbocycles. The molecule has 0 saturated carbocycles. The molecule has 3 nitrogen and oxygen atoms in total. The first kappa shape index (κ1) is 17.3. The van der Waals surface area contributed by atoms with Crippen LogP contribution < -0.4 is 4.90 Å². The van der Waals surface area contributed by atoms with Gasteiger partial charge in [0.15, 0.2) is 0 Å². The van der Waals surface area contributed by atoms with Gasteiger partial charge in [-0.1, -0.05) is 25.0 Å². The van der Waals surface area contributed by atoms with Crippen LogP contribution in [-0.4, -0.2) is 38.0 Å². The van der Waals surface area contributed by atoms with Gasteiger partial charge in [0.2, 0.25) is 0 Å². The van der Waals surface area contributed by atoms with Gasteiger partial charge in [-0.05, 0) is 56.2 Å². The van der Waals surface area contributed by atoms with Gasteiger partial charge >= 0.3 is 0 Å². The average Bonchev–Trinajstić information content (AvgIpc) is 3.08. The molecular formula is C19H31NO2. The van der Waals surface area contributed by atoms with Crippen LogP contribution in [0, 0.1) is 0 Å². The van der Waals surface area contributed by atoms with Gasteiger partial charge in [0, 0.05) is 38.6 Å². The molecule has 2 rings (SSSR count). The number of ether oxygens (including phenoxy) is 1. The predicted molar refractivity (Wildman–Crippen MR) is 92.6 cm³/mol. The first-order valence-electron chi connectivity index (χ1n) is 8.92. The number of hydrogen-bond acceptors (Lipinski definition) is 3. The third-order valence-corrected chi connectivity index (χ3v) is 4.36. The van der Waals surface area contributed by atoms with Crippen molar-refractivity contribution in [3.05, 3.63) is 29.8 Å². The number of aliphatic hydroxyl groups is 1. The molecule has 124 valence electrons. The lowest BCUT2D eigenvalue weighted by molar-refractivity contribution is 0.127. The second-order valence-corrected chi connectivity index (χ2v) is 6.21. The molecule has 0 atom stereocenters. The number of aliphatic hydroxyl groups excluding tert-OH is 1. The SMILES string of the molecule is OCCCCCCOCCCc1ccc(N2CCCC2)cc1. The third-order valence-electron chi connectivity index (χ3n) is 4.36. The smallest absolute Gasteiger partial charge is 0.0469 e. The monoisotopic (exact) mass is 305 g/mol. The maximum absolute atomic E-state index is 8.69. The fourth-order valence-corrected chi connectivity index (χ4v) is 3.00. The van der Waals surface area contributed by atoms with Gasteiger partial charge in [-0.3, -0.25) is 0 Å². The Morgan fingerprint density at radius 2 is 1.55 bits per heavy atom. The molecule has 0 unspecified atom stereocenters. The highest BCUT2D eigenvalue weighted by atomic mass is 16.5. The van der Waals surface area contributed by atoms with Gasteiger partial charge in [-0.25, -0.2) is 0 Å². The number of hydrogen-bond donors (Lipinski definition) is 1. The van der Waals surface area contributed by atoms with Gasteiger partial charge in [-0.2, -0.15) is 0 Å². The molecule has 1 aromatic rings. The van der Waals surface area contributed by atoms with Gasteiger partial charge in [0.05, 0.1) is 0 Å². The van der Waals surface area contributed by atoms with E-state index in [-0.39, 0.29) is 0 Å². The summed E-state index contributed by atoms with van der Waals surface area (Å²) in [4.78, 5) is 2.48. The Labute approximate surface area is 135 Å². The Balaban J connectivity index is 1.52. The fraction of sp³-hybridized carbons (Fsp3) is 0.684. The summed E-state index contributed by atoms with van der Waals surface area (Å²) in [5, 5.41) is 8.69. The Morgan fingerprint density at radius 1 is 0.864 bits per heavy atom. The van der Waals surface area contributed by atoms with Gasteiger partial charge < -0.3 is 14.7 Å². The quantitative estimate of drug-likeness (QED) is 0.631. The molecule has 1 aliphatic rings. The third kappa shape index (κ3) is 6.37. The molecule has 1 aliphatic heterocycles. The highest BCUT2D eigenvalue weighted by Crippen LogP contribution is 2.20. The van der Waals surface area contributed by atoms with Crippen molar-refractivity contribution in [1.82, 2.24) is 0 Å². The minimum absolute atomic E-state index is 0.317. The number of aryl methyl sites for hydroxylation is 1. The van der Waals surface area contributed by atoms with E-state index in [2.05, 4.69) is 29.2 Å². The lowest BCUT2D eigenvalue weighted by atomic mass is 10.1. The van der Waals surface area contributed by atoms with Crippen LogP contribution in [0.1, 0.15) is 50.5 Å². The molecule has 0 radical (unpaired) electrons. The van der Waals surface area contributed by atoms with Crippen molar-refractivity contribution < 1.29 is 9.84 Å². The van der Waals surface area contributed by atoms with Crippen LogP contribution in [0.4, 0.5) is 5.69 Å². The van der Waals surface area contributed by atoms with Crippen LogP contribution in [0.5, 0.6) is 0 Å². The van der Waals surface area contributed by atoms with Crippen LogP contribution >= 0.6 is 0 Å². The summed E-state index contributed by atoms with van der Waals surface area (Å²) in [5.74, 6) is 0. The molecule has 0 bridgehead atoms. The number of unbranched alkanes of at least 4 members (excludes halogenated alkanes) is 3. The summed E-state index contributed by atoms with van der Waals surface area (Å²) >= 11 is 0. The van der Waals surface area contributed by atoms with Crippen molar-refractivity contribution in [2.45, 2.75) is 51.4 Å². The number of benzene rings is 1. The van der Waals surface area contributed by atoms with Crippen molar-refractivity contribution >= 4 is 5.69 Å². The van der Waals surface area contributed by atoms with Crippen molar-refractivity contribution in [3.8, 4) is 0 Å². The van der Waals surface area contributed by atoms with Crippen molar-refractivity contribution in [1.29, 1.82) is 0 Å². The Bertz CT molecular complexity index is 385. The van der Waals surface area contributed by atoms with E-state index in [1.807, 2.05) is 0 Å². The van der Waals surface area contributed by atoms with E-state index < -0.39 is 0 Å². The lowest BCUT2D eigenvalue weighted by Crippen LogP contribution is -2.17. The molecule has 0 spiro atoms. The minimum atomic E-state index is 0.317. The summed E-state index contributed by atoms with van der Waals surface area (Å²) in [6.07, 6.45) is 9.18. The molecule has 1 saturated heterocycles. The van der Waals surface area contributed by atoms with Crippen LogP contribution in [0.2, 0.25) is 0 Å². The highest BCUT2D eigenvalue weighted by molar-refractivity contribution is 5.48. The van der Waals surface area contributed by atoms with E-state index >= 15 is 0 Å². The fourth-order valence-electron chi connectivity index (χ4n) is 3.00. The normalized spacial score (nSPS) is 14.7. The second-order valence-electron chi connectivity index (χ2n) is 6.21. The Kier molecular flexibility index (Phi) is 8.36. The summed E-state index contributed by atoms with van der Waals surface area (Å²) in [6.45, 7) is 4.46. The predicted octanol–water partition coefficient (Wildman–Crippen LogP) is 3.79. The highest BCUT2D eigenvalue weighted by Gasteiger charge is 2.11. The van der Waals surface area contributed by atoms with Crippen LogP contribution in [0.25, 0.3) is 0 Å². The second kappa shape index (κ2) is 10.6. The molecule has 1 N–H and O–H groups in total.